The molecule has 0 saturated heterocycles. The Balaban J connectivity index is 3.15. The number of unbranched alkanes of at least 4 members (excludes halogenated alkanes) is 1. The molecule has 0 radical (unpaired) electrons. The minimum atomic E-state index is -0.372. The van der Waals surface area contributed by atoms with Crippen molar-refractivity contribution in [3.05, 3.63) is 0 Å². The van der Waals surface area contributed by atoms with E-state index in [1.165, 1.54) is 0 Å². The lowest BCUT2D eigenvalue weighted by atomic mass is 10.1. The fourth-order valence-electron chi connectivity index (χ4n) is 1.26. The average Bonchev–Trinajstić information content (AvgIpc) is 2.12. The molecule has 3 heteroatoms. The van der Waals surface area contributed by atoms with E-state index in [-0.39, 0.29) is 18.8 Å². The molecule has 2 atom stereocenters. The van der Waals surface area contributed by atoms with Crippen LogP contribution >= 0.6 is 0 Å². The van der Waals surface area contributed by atoms with E-state index in [4.69, 9.17) is 5.11 Å². The molecule has 13 heavy (non-hydrogen) atoms. The molecule has 3 nitrogen and oxygen atoms in total. The van der Waals surface area contributed by atoms with E-state index in [9.17, 15) is 10.2 Å². The summed E-state index contributed by atoms with van der Waals surface area (Å²) >= 11 is 0. The number of rotatable bonds is 8. The van der Waals surface area contributed by atoms with E-state index in [1.54, 1.807) is 0 Å². The van der Waals surface area contributed by atoms with Crippen LogP contribution in [0.5, 0.6) is 0 Å². The summed E-state index contributed by atoms with van der Waals surface area (Å²) in [7, 11) is 0. The first-order valence-electron chi connectivity index (χ1n) is 5.17. The van der Waals surface area contributed by atoms with Gasteiger partial charge in [0.25, 0.3) is 0 Å². The number of hydrogen-bond acceptors (Lipinski definition) is 3. The summed E-state index contributed by atoms with van der Waals surface area (Å²) in [6, 6.07) is 0. The molecule has 0 aliphatic heterocycles. The molecule has 2 unspecified atom stereocenters. The molecule has 3 N–H and O–H groups in total. The number of hydrogen-bond donors (Lipinski definition) is 3. The predicted octanol–water partition coefficient (Wildman–Crippen LogP) is 1.06. The SMILES string of the molecule is CCC(O)CCCCC(O)CCO. The Morgan fingerprint density at radius 3 is 1.92 bits per heavy atom. The highest BCUT2D eigenvalue weighted by Gasteiger charge is 2.04. The molecular formula is C10H22O3. The largest absolute Gasteiger partial charge is 0.396 e. The van der Waals surface area contributed by atoms with Crippen LogP contribution in [0.2, 0.25) is 0 Å². The highest BCUT2D eigenvalue weighted by molar-refractivity contribution is 4.57. The molecule has 0 aliphatic carbocycles. The predicted molar refractivity (Wildman–Crippen MR) is 52.5 cm³/mol. The molecule has 0 aromatic heterocycles. The maximum atomic E-state index is 9.25. The van der Waals surface area contributed by atoms with Crippen molar-refractivity contribution >= 4 is 0 Å². The van der Waals surface area contributed by atoms with Crippen molar-refractivity contribution in [2.75, 3.05) is 6.61 Å². The molecule has 0 aliphatic rings. The zero-order chi connectivity index (χ0) is 10.1. The van der Waals surface area contributed by atoms with Gasteiger partial charge in [0.05, 0.1) is 12.2 Å². The van der Waals surface area contributed by atoms with Crippen molar-refractivity contribution in [2.24, 2.45) is 0 Å². The first kappa shape index (κ1) is 12.9. The minimum Gasteiger partial charge on any atom is -0.396 e. The molecule has 0 spiro atoms. The normalized spacial score (nSPS) is 15.7. The zero-order valence-electron chi connectivity index (χ0n) is 8.45. The Morgan fingerprint density at radius 2 is 1.46 bits per heavy atom. The van der Waals surface area contributed by atoms with Crippen LogP contribution in [0, 0.1) is 0 Å². The van der Waals surface area contributed by atoms with Crippen molar-refractivity contribution in [3.8, 4) is 0 Å². The van der Waals surface area contributed by atoms with Crippen LogP contribution in [0.1, 0.15) is 45.4 Å². The monoisotopic (exact) mass is 190 g/mol. The average molecular weight is 190 g/mol. The third kappa shape index (κ3) is 8.22. The Bertz CT molecular complexity index is 106. The van der Waals surface area contributed by atoms with E-state index in [1.807, 2.05) is 6.92 Å². The molecule has 0 saturated carbocycles. The van der Waals surface area contributed by atoms with Gasteiger partial charge in [-0.3, -0.25) is 0 Å². The quantitative estimate of drug-likeness (QED) is 0.502. The van der Waals surface area contributed by atoms with Crippen molar-refractivity contribution in [3.63, 3.8) is 0 Å². The smallest absolute Gasteiger partial charge is 0.0562 e. The maximum Gasteiger partial charge on any atom is 0.0562 e. The molecule has 0 heterocycles. The van der Waals surface area contributed by atoms with Crippen LogP contribution in [0.25, 0.3) is 0 Å². The van der Waals surface area contributed by atoms with Crippen LogP contribution < -0.4 is 0 Å². The summed E-state index contributed by atoms with van der Waals surface area (Å²) in [6.45, 7) is 2.02. The molecule has 0 amide bonds. The van der Waals surface area contributed by atoms with Gasteiger partial charge >= 0.3 is 0 Å². The lowest BCUT2D eigenvalue weighted by molar-refractivity contribution is 0.117. The topological polar surface area (TPSA) is 60.7 Å². The lowest BCUT2D eigenvalue weighted by Crippen LogP contribution is -2.09. The van der Waals surface area contributed by atoms with Crippen LogP contribution in [0.15, 0.2) is 0 Å². The first-order valence-corrected chi connectivity index (χ1v) is 5.17. The van der Waals surface area contributed by atoms with E-state index >= 15 is 0 Å². The third-order valence-electron chi connectivity index (χ3n) is 2.26. The minimum absolute atomic E-state index is 0.0543. The summed E-state index contributed by atoms with van der Waals surface area (Å²) in [5.41, 5.74) is 0. The van der Waals surface area contributed by atoms with Gasteiger partial charge in [0.2, 0.25) is 0 Å². The highest BCUT2D eigenvalue weighted by Crippen LogP contribution is 2.09. The second kappa shape index (κ2) is 8.48. The molecule has 0 bridgehead atoms. The van der Waals surface area contributed by atoms with Crippen LogP contribution in [-0.2, 0) is 0 Å². The van der Waals surface area contributed by atoms with Crippen LogP contribution in [-0.4, -0.2) is 34.1 Å². The maximum absolute atomic E-state index is 9.25. The number of aliphatic hydroxyl groups excluding tert-OH is 3. The van der Waals surface area contributed by atoms with Gasteiger partial charge in [0, 0.05) is 6.61 Å². The van der Waals surface area contributed by atoms with Crippen molar-refractivity contribution in [1.29, 1.82) is 0 Å². The van der Waals surface area contributed by atoms with E-state index in [2.05, 4.69) is 0 Å². The molecule has 0 rings (SSSR count). The van der Waals surface area contributed by atoms with Gasteiger partial charge in [0.1, 0.15) is 0 Å². The second-order valence-corrected chi connectivity index (χ2v) is 3.51. The van der Waals surface area contributed by atoms with Gasteiger partial charge in [-0.25, -0.2) is 0 Å². The Morgan fingerprint density at radius 1 is 0.923 bits per heavy atom. The lowest BCUT2D eigenvalue weighted by Gasteiger charge is -2.10. The van der Waals surface area contributed by atoms with Gasteiger partial charge in [0.15, 0.2) is 0 Å². The fraction of sp³-hybridized carbons (Fsp3) is 1.00. The van der Waals surface area contributed by atoms with Crippen molar-refractivity contribution in [2.45, 2.75) is 57.7 Å². The fourth-order valence-corrected chi connectivity index (χ4v) is 1.26. The molecule has 0 fully saturated rings. The van der Waals surface area contributed by atoms with Crippen molar-refractivity contribution < 1.29 is 15.3 Å². The molecular weight excluding hydrogens is 168 g/mol. The first-order chi connectivity index (χ1) is 6.20. The molecule has 0 aromatic carbocycles. The zero-order valence-corrected chi connectivity index (χ0v) is 8.45. The van der Waals surface area contributed by atoms with E-state index in [0.717, 1.165) is 32.1 Å². The Labute approximate surface area is 80.4 Å². The standard InChI is InChI=1S/C10H22O3/c1-2-9(12)5-3-4-6-10(13)7-8-11/h9-13H,2-8H2,1H3. The second-order valence-electron chi connectivity index (χ2n) is 3.51. The third-order valence-corrected chi connectivity index (χ3v) is 2.26. The molecule has 80 valence electrons. The summed E-state index contributed by atoms with van der Waals surface area (Å²) in [5, 5.41) is 27.0. The summed E-state index contributed by atoms with van der Waals surface area (Å²) < 4.78 is 0. The van der Waals surface area contributed by atoms with Gasteiger partial charge in [-0.05, 0) is 25.7 Å². The van der Waals surface area contributed by atoms with E-state index in [0.29, 0.717) is 6.42 Å². The summed E-state index contributed by atoms with van der Waals surface area (Å²) in [4.78, 5) is 0. The van der Waals surface area contributed by atoms with Gasteiger partial charge < -0.3 is 15.3 Å². The molecule has 0 aromatic rings. The van der Waals surface area contributed by atoms with Gasteiger partial charge in [-0.1, -0.05) is 19.8 Å². The Hall–Kier alpha value is -0.120. The van der Waals surface area contributed by atoms with Gasteiger partial charge in [-0.15, -0.1) is 0 Å². The Kier molecular flexibility index (Phi) is 8.40. The van der Waals surface area contributed by atoms with E-state index < -0.39 is 0 Å². The number of aliphatic hydroxyl groups is 3. The van der Waals surface area contributed by atoms with Crippen LogP contribution in [0.3, 0.4) is 0 Å². The summed E-state index contributed by atoms with van der Waals surface area (Å²) in [6.07, 6.45) is 4.16. The summed E-state index contributed by atoms with van der Waals surface area (Å²) in [5.74, 6) is 0. The van der Waals surface area contributed by atoms with Crippen LogP contribution in [0.4, 0.5) is 0 Å². The van der Waals surface area contributed by atoms with Gasteiger partial charge in [-0.2, -0.15) is 0 Å². The highest BCUT2D eigenvalue weighted by atomic mass is 16.3. The van der Waals surface area contributed by atoms with Crippen molar-refractivity contribution in [1.82, 2.24) is 0 Å².